The largest absolute Gasteiger partial charge is 0.298 e. The molecule has 0 bridgehead atoms. The second-order valence-electron chi connectivity index (χ2n) is 5.88. The highest BCUT2D eigenvalue weighted by molar-refractivity contribution is 7.15. The molecule has 0 radical (unpaired) electrons. The number of nitrogens with one attached hydrogen (secondary N) is 1. The molecule has 130 valence electrons. The molecule has 3 rings (SSSR count). The molecule has 1 amide bonds. The summed E-state index contributed by atoms with van der Waals surface area (Å²) in [4.78, 5) is 21.0. The number of hydrogen-bond donors (Lipinski definition) is 1. The molecule has 0 aliphatic rings. The van der Waals surface area contributed by atoms with Crippen LogP contribution in [-0.2, 0) is 13.1 Å². The second kappa shape index (κ2) is 7.81. The van der Waals surface area contributed by atoms with Gasteiger partial charge < -0.3 is 0 Å². The van der Waals surface area contributed by atoms with Gasteiger partial charge in [0.25, 0.3) is 5.91 Å². The number of hydrogen-bond acceptors (Lipinski definition) is 7. The predicted octanol–water partition coefficient (Wildman–Crippen LogP) is 3.50. The number of thiazole rings is 1. The van der Waals surface area contributed by atoms with Gasteiger partial charge in [-0.1, -0.05) is 16.6 Å². The van der Waals surface area contributed by atoms with Gasteiger partial charge in [0.2, 0.25) is 0 Å². The van der Waals surface area contributed by atoms with Gasteiger partial charge in [0, 0.05) is 29.7 Å². The molecule has 0 aliphatic heterocycles. The van der Waals surface area contributed by atoms with Gasteiger partial charge in [-0.15, -0.1) is 16.4 Å². The van der Waals surface area contributed by atoms with Gasteiger partial charge in [0.15, 0.2) is 5.13 Å². The van der Waals surface area contributed by atoms with Crippen LogP contribution in [0.3, 0.4) is 0 Å². The molecule has 2 aromatic heterocycles. The van der Waals surface area contributed by atoms with Crippen molar-refractivity contribution < 1.29 is 4.79 Å². The third-order valence-electron chi connectivity index (χ3n) is 3.64. The lowest BCUT2D eigenvalue weighted by Crippen LogP contribution is -2.18. The van der Waals surface area contributed by atoms with Crippen LogP contribution >= 0.6 is 22.9 Å². The van der Waals surface area contributed by atoms with E-state index in [1.54, 1.807) is 6.20 Å². The van der Waals surface area contributed by atoms with E-state index in [2.05, 4.69) is 24.8 Å². The molecule has 1 N–H and O–H groups in total. The van der Waals surface area contributed by atoms with Crippen molar-refractivity contribution in [1.82, 2.24) is 19.5 Å². The van der Waals surface area contributed by atoms with Crippen molar-refractivity contribution >= 4 is 33.9 Å². The summed E-state index contributed by atoms with van der Waals surface area (Å²) in [6.45, 7) is 5.47. The fraction of sp³-hybridized carbons (Fsp3) is 0.294. The van der Waals surface area contributed by atoms with Crippen molar-refractivity contribution in [2.24, 2.45) is 0 Å². The first-order valence-electron chi connectivity index (χ1n) is 7.80. The average molecular weight is 374 g/mol. The molecule has 0 atom stereocenters. The molecule has 25 heavy (non-hydrogen) atoms. The van der Waals surface area contributed by atoms with Crippen LogP contribution in [0.5, 0.6) is 0 Å². The lowest BCUT2D eigenvalue weighted by atomic mass is 10.1. The summed E-state index contributed by atoms with van der Waals surface area (Å²) in [7, 11) is 2.05. The summed E-state index contributed by atoms with van der Waals surface area (Å²) in [6, 6.07) is 7.67. The third kappa shape index (κ3) is 4.68. The highest BCUT2D eigenvalue weighted by atomic mass is 32.1. The fourth-order valence-electron chi connectivity index (χ4n) is 2.40. The zero-order valence-corrected chi connectivity index (χ0v) is 15.9. The van der Waals surface area contributed by atoms with E-state index in [-0.39, 0.29) is 5.91 Å². The lowest BCUT2D eigenvalue weighted by Gasteiger charge is -2.16. The summed E-state index contributed by atoms with van der Waals surface area (Å²) >= 11 is 2.89. The van der Waals surface area contributed by atoms with Gasteiger partial charge in [-0.3, -0.25) is 15.0 Å². The lowest BCUT2D eigenvalue weighted by molar-refractivity contribution is 0.102. The minimum Gasteiger partial charge on any atom is -0.298 e. The number of carbonyl (C=O) groups excluding carboxylic acids is 1. The summed E-state index contributed by atoms with van der Waals surface area (Å²) in [5.74, 6) is -0.138. The maximum atomic E-state index is 12.4. The third-order valence-corrected chi connectivity index (χ3v) is 5.28. The number of anilines is 1. The second-order valence-corrected chi connectivity index (χ2v) is 7.96. The van der Waals surface area contributed by atoms with Gasteiger partial charge >= 0.3 is 0 Å². The maximum Gasteiger partial charge on any atom is 0.257 e. The summed E-state index contributed by atoms with van der Waals surface area (Å²) in [5, 5.41) is 7.51. The number of benzene rings is 1. The van der Waals surface area contributed by atoms with Gasteiger partial charge in [-0.2, -0.15) is 0 Å². The van der Waals surface area contributed by atoms with Crippen molar-refractivity contribution in [2.75, 3.05) is 12.4 Å². The molecule has 1 aromatic carbocycles. The number of amides is 1. The predicted molar refractivity (Wildman–Crippen MR) is 101 cm³/mol. The SMILES string of the molecule is Cc1cnc(NC(=O)c2cccc(CN(C)Cc3snnc3C)c2)s1. The Hall–Kier alpha value is -2.16. The van der Waals surface area contributed by atoms with Crippen molar-refractivity contribution in [3.05, 3.63) is 57.0 Å². The highest BCUT2D eigenvalue weighted by Crippen LogP contribution is 2.18. The molecular weight excluding hydrogens is 354 g/mol. The van der Waals surface area contributed by atoms with Crippen LogP contribution < -0.4 is 5.32 Å². The molecule has 6 nitrogen and oxygen atoms in total. The first-order valence-corrected chi connectivity index (χ1v) is 9.39. The molecule has 0 fully saturated rings. The van der Waals surface area contributed by atoms with E-state index in [9.17, 15) is 4.79 Å². The van der Waals surface area contributed by atoms with E-state index in [1.807, 2.05) is 45.2 Å². The minimum atomic E-state index is -0.138. The van der Waals surface area contributed by atoms with Crippen LogP contribution in [-0.4, -0.2) is 32.4 Å². The molecule has 3 aromatic rings. The van der Waals surface area contributed by atoms with Gasteiger partial charge in [-0.25, -0.2) is 4.98 Å². The van der Waals surface area contributed by atoms with E-state index in [1.165, 1.54) is 22.9 Å². The van der Waals surface area contributed by atoms with Crippen molar-refractivity contribution in [3.8, 4) is 0 Å². The Morgan fingerprint density at radius 2 is 2.12 bits per heavy atom. The quantitative estimate of drug-likeness (QED) is 0.716. The van der Waals surface area contributed by atoms with Gasteiger partial charge in [0.1, 0.15) is 0 Å². The summed E-state index contributed by atoms with van der Waals surface area (Å²) in [5.41, 5.74) is 2.69. The van der Waals surface area contributed by atoms with Crippen LogP contribution in [0.2, 0.25) is 0 Å². The number of nitrogens with zero attached hydrogens (tertiary/aromatic N) is 4. The van der Waals surface area contributed by atoms with Crippen LogP contribution in [0.4, 0.5) is 5.13 Å². The minimum absolute atomic E-state index is 0.138. The molecule has 0 spiro atoms. The Morgan fingerprint density at radius 1 is 1.28 bits per heavy atom. The maximum absolute atomic E-state index is 12.4. The first kappa shape index (κ1) is 17.7. The van der Waals surface area contributed by atoms with Gasteiger partial charge in [-0.05, 0) is 50.1 Å². The molecule has 0 saturated carbocycles. The molecular formula is C17H19N5OS2. The van der Waals surface area contributed by atoms with Crippen molar-refractivity contribution in [1.29, 1.82) is 0 Å². The summed E-state index contributed by atoms with van der Waals surface area (Å²) < 4.78 is 3.97. The standard InChI is InChI=1S/C17H19N5OS2/c1-11-8-18-17(24-11)19-16(23)14-6-4-5-13(7-14)9-22(3)10-15-12(2)20-21-25-15/h4-8H,9-10H2,1-3H3,(H,18,19,23). The number of carbonyl (C=O) groups is 1. The Bertz CT molecular complexity index is 873. The first-order chi connectivity index (χ1) is 12.0. The van der Waals surface area contributed by atoms with Crippen molar-refractivity contribution in [3.63, 3.8) is 0 Å². The highest BCUT2D eigenvalue weighted by Gasteiger charge is 2.11. The number of aryl methyl sites for hydroxylation is 2. The number of rotatable bonds is 6. The Balaban J connectivity index is 1.64. The monoisotopic (exact) mass is 373 g/mol. The van der Waals surface area contributed by atoms with Crippen molar-refractivity contribution in [2.45, 2.75) is 26.9 Å². The van der Waals surface area contributed by atoms with E-state index >= 15 is 0 Å². The molecule has 0 unspecified atom stereocenters. The normalized spacial score (nSPS) is 11.0. The number of aromatic nitrogens is 3. The Kier molecular flexibility index (Phi) is 5.52. The molecule has 0 saturated heterocycles. The van der Waals surface area contributed by atoms with Crippen LogP contribution in [0.1, 0.15) is 31.4 Å². The molecule has 0 aliphatic carbocycles. The van der Waals surface area contributed by atoms with Gasteiger partial charge in [0.05, 0.1) is 10.6 Å². The zero-order valence-electron chi connectivity index (χ0n) is 14.3. The molecule has 8 heteroatoms. The molecule has 2 heterocycles. The Morgan fingerprint density at radius 3 is 2.80 bits per heavy atom. The Labute approximate surface area is 154 Å². The van der Waals surface area contributed by atoms with Crippen LogP contribution in [0, 0.1) is 13.8 Å². The topological polar surface area (TPSA) is 71.0 Å². The fourth-order valence-corrected chi connectivity index (χ4v) is 3.77. The van der Waals surface area contributed by atoms with Crippen LogP contribution in [0.15, 0.2) is 30.5 Å². The van der Waals surface area contributed by atoms with E-state index in [0.717, 1.165) is 34.1 Å². The smallest absolute Gasteiger partial charge is 0.257 e. The van der Waals surface area contributed by atoms with E-state index in [4.69, 9.17) is 0 Å². The van der Waals surface area contributed by atoms with E-state index in [0.29, 0.717) is 10.7 Å². The average Bonchev–Trinajstić information content (AvgIpc) is 3.16. The summed E-state index contributed by atoms with van der Waals surface area (Å²) in [6.07, 6.45) is 1.75. The van der Waals surface area contributed by atoms with E-state index < -0.39 is 0 Å². The van der Waals surface area contributed by atoms with Crippen LogP contribution in [0.25, 0.3) is 0 Å². The zero-order chi connectivity index (χ0) is 17.8.